The van der Waals surface area contributed by atoms with Crippen molar-refractivity contribution in [1.29, 1.82) is 0 Å². The summed E-state index contributed by atoms with van der Waals surface area (Å²) in [5.41, 5.74) is 1.59. The molecule has 2 N–H and O–H groups in total. The van der Waals surface area contributed by atoms with Gasteiger partial charge in [0.2, 0.25) is 0 Å². The Morgan fingerprint density at radius 1 is 1.22 bits per heavy atom. The molecule has 0 saturated carbocycles. The second-order valence-electron chi connectivity index (χ2n) is 3.88. The van der Waals surface area contributed by atoms with Gasteiger partial charge in [0.1, 0.15) is 0 Å². The van der Waals surface area contributed by atoms with Crippen LogP contribution in [0.1, 0.15) is 11.3 Å². The van der Waals surface area contributed by atoms with E-state index in [2.05, 4.69) is 14.9 Å². The summed E-state index contributed by atoms with van der Waals surface area (Å²) in [7, 11) is -3.63. The summed E-state index contributed by atoms with van der Waals surface area (Å²) >= 11 is 5.72. The van der Waals surface area contributed by atoms with E-state index in [1.54, 1.807) is 6.92 Å². The van der Waals surface area contributed by atoms with Crippen LogP contribution in [0.5, 0.6) is 0 Å². The highest BCUT2D eigenvalue weighted by molar-refractivity contribution is 7.92. The van der Waals surface area contributed by atoms with Gasteiger partial charge < -0.3 is 0 Å². The molecular weight excluding hydrogens is 274 g/mol. The molecule has 0 bridgehead atoms. The Bertz CT molecular complexity index is 662. The molecule has 1 aromatic carbocycles. The number of nitrogens with one attached hydrogen (secondary N) is 2. The first-order valence-corrected chi connectivity index (χ1v) is 7.06. The van der Waals surface area contributed by atoms with Crippen LogP contribution >= 0.6 is 11.6 Å². The van der Waals surface area contributed by atoms with Gasteiger partial charge in [0.25, 0.3) is 10.0 Å². The van der Waals surface area contributed by atoms with E-state index in [9.17, 15) is 8.42 Å². The molecule has 1 heterocycles. The SMILES string of the molecule is Cc1[nH]nc(NS(=O)(=O)c2ccc(Cl)cc2)c1C. The molecule has 0 aliphatic rings. The zero-order valence-electron chi connectivity index (χ0n) is 9.86. The van der Waals surface area contributed by atoms with Gasteiger partial charge in [-0.15, -0.1) is 0 Å². The second-order valence-corrected chi connectivity index (χ2v) is 6.00. The summed E-state index contributed by atoms with van der Waals surface area (Å²) in [6.45, 7) is 3.61. The van der Waals surface area contributed by atoms with E-state index >= 15 is 0 Å². The topological polar surface area (TPSA) is 74.8 Å². The minimum Gasteiger partial charge on any atom is -0.280 e. The highest BCUT2D eigenvalue weighted by Crippen LogP contribution is 2.20. The Balaban J connectivity index is 2.33. The van der Waals surface area contributed by atoms with Crippen LogP contribution in [0.2, 0.25) is 5.02 Å². The summed E-state index contributed by atoms with van der Waals surface area (Å²) < 4.78 is 26.6. The predicted octanol–water partition coefficient (Wildman–Crippen LogP) is 2.48. The lowest BCUT2D eigenvalue weighted by Gasteiger charge is -2.06. The minimum atomic E-state index is -3.63. The van der Waals surface area contributed by atoms with Gasteiger partial charge in [-0.2, -0.15) is 5.10 Å². The average molecular weight is 286 g/mol. The Hall–Kier alpha value is -1.53. The number of aryl methyl sites for hydroxylation is 1. The van der Waals surface area contributed by atoms with Crippen molar-refractivity contribution < 1.29 is 8.42 Å². The minimum absolute atomic E-state index is 0.145. The second kappa shape index (κ2) is 4.62. The van der Waals surface area contributed by atoms with Crippen LogP contribution in [0.4, 0.5) is 5.82 Å². The first-order chi connectivity index (χ1) is 8.40. The van der Waals surface area contributed by atoms with E-state index in [-0.39, 0.29) is 4.90 Å². The molecule has 5 nitrogen and oxygen atoms in total. The van der Waals surface area contributed by atoms with E-state index in [0.717, 1.165) is 11.3 Å². The van der Waals surface area contributed by atoms with Crippen molar-refractivity contribution in [2.24, 2.45) is 0 Å². The van der Waals surface area contributed by atoms with Gasteiger partial charge in [-0.3, -0.25) is 9.82 Å². The summed E-state index contributed by atoms with van der Waals surface area (Å²) in [6.07, 6.45) is 0. The standard InChI is InChI=1S/C11H12ClN3O2S/c1-7-8(2)13-14-11(7)15-18(16,17)10-5-3-9(12)4-6-10/h3-6H,1-2H3,(H2,13,14,15). The summed E-state index contributed by atoms with van der Waals surface area (Å²) in [5, 5.41) is 7.11. The number of anilines is 1. The molecule has 0 fully saturated rings. The lowest BCUT2D eigenvalue weighted by atomic mass is 10.3. The molecule has 0 spiro atoms. The zero-order chi connectivity index (χ0) is 13.3. The number of hydrogen-bond donors (Lipinski definition) is 2. The molecule has 0 radical (unpaired) electrons. The first-order valence-electron chi connectivity index (χ1n) is 5.20. The third-order valence-corrected chi connectivity index (χ3v) is 4.21. The molecule has 0 saturated heterocycles. The van der Waals surface area contributed by atoms with E-state index < -0.39 is 10.0 Å². The van der Waals surface area contributed by atoms with Gasteiger partial charge in [-0.1, -0.05) is 11.6 Å². The molecule has 2 aromatic rings. The molecule has 2 rings (SSSR count). The molecule has 0 aliphatic heterocycles. The molecule has 1 aromatic heterocycles. The smallest absolute Gasteiger partial charge is 0.263 e. The molecule has 0 unspecified atom stereocenters. The van der Waals surface area contributed by atoms with Crippen molar-refractivity contribution in [3.63, 3.8) is 0 Å². The molecule has 96 valence electrons. The van der Waals surface area contributed by atoms with Crippen LogP contribution in [0, 0.1) is 13.8 Å². The van der Waals surface area contributed by atoms with Crippen molar-refractivity contribution in [2.45, 2.75) is 18.7 Å². The fourth-order valence-electron chi connectivity index (χ4n) is 1.38. The highest BCUT2D eigenvalue weighted by atomic mass is 35.5. The van der Waals surface area contributed by atoms with Crippen LogP contribution in [0.3, 0.4) is 0 Å². The number of halogens is 1. The highest BCUT2D eigenvalue weighted by Gasteiger charge is 2.17. The maximum atomic E-state index is 12.1. The third-order valence-electron chi connectivity index (χ3n) is 2.61. The maximum absolute atomic E-state index is 12.1. The van der Waals surface area contributed by atoms with Crippen molar-refractivity contribution >= 4 is 27.4 Å². The Morgan fingerprint density at radius 2 is 1.83 bits per heavy atom. The Kier molecular flexibility index (Phi) is 3.32. The monoisotopic (exact) mass is 285 g/mol. The van der Waals surface area contributed by atoms with Gasteiger partial charge in [0.05, 0.1) is 4.90 Å². The van der Waals surface area contributed by atoms with Crippen molar-refractivity contribution in [3.8, 4) is 0 Å². The van der Waals surface area contributed by atoms with Crippen LogP contribution in [-0.2, 0) is 10.0 Å². The molecular formula is C11H12ClN3O2S. The van der Waals surface area contributed by atoms with E-state index in [0.29, 0.717) is 10.8 Å². The zero-order valence-corrected chi connectivity index (χ0v) is 11.4. The maximum Gasteiger partial charge on any atom is 0.263 e. The average Bonchev–Trinajstić information content (AvgIpc) is 2.61. The fraction of sp³-hybridized carbons (Fsp3) is 0.182. The van der Waals surface area contributed by atoms with Crippen LogP contribution in [-0.4, -0.2) is 18.6 Å². The molecule has 0 amide bonds. The van der Waals surface area contributed by atoms with Gasteiger partial charge in [0, 0.05) is 16.3 Å². The van der Waals surface area contributed by atoms with Gasteiger partial charge in [-0.05, 0) is 38.1 Å². The number of hydrogen-bond acceptors (Lipinski definition) is 3. The quantitative estimate of drug-likeness (QED) is 0.910. The number of H-pyrrole nitrogens is 1. The normalized spacial score (nSPS) is 11.5. The van der Waals surface area contributed by atoms with Crippen LogP contribution in [0.15, 0.2) is 29.2 Å². The van der Waals surface area contributed by atoms with E-state index in [1.807, 2.05) is 6.92 Å². The summed E-state index contributed by atoms with van der Waals surface area (Å²) in [6, 6.07) is 5.94. The van der Waals surface area contributed by atoms with Crippen molar-refractivity contribution in [2.75, 3.05) is 4.72 Å². The Morgan fingerprint density at radius 3 is 2.33 bits per heavy atom. The number of aromatic amines is 1. The number of benzene rings is 1. The molecule has 0 aliphatic carbocycles. The van der Waals surface area contributed by atoms with E-state index in [4.69, 9.17) is 11.6 Å². The lowest BCUT2D eigenvalue weighted by molar-refractivity contribution is 0.601. The summed E-state index contributed by atoms with van der Waals surface area (Å²) in [5.74, 6) is 0.308. The first kappa shape index (κ1) is 12.9. The number of sulfonamides is 1. The number of nitrogens with zero attached hydrogens (tertiary/aromatic N) is 1. The fourth-order valence-corrected chi connectivity index (χ4v) is 2.58. The number of rotatable bonds is 3. The van der Waals surface area contributed by atoms with Crippen LogP contribution < -0.4 is 4.72 Å². The third kappa shape index (κ3) is 2.49. The molecule has 7 heteroatoms. The number of aromatic nitrogens is 2. The largest absolute Gasteiger partial charge is 0.280 e. The van der Waals surface area contributed by atoms with Gasteiger partial charge in [-0.25, -0.2) is 8.42 Å². The van der Waals surface area contributed by atoms with Crippen molar-refractivity contribution in [1.82, 2.24) is 10.2 Å². The predicted molar refractivity (Wildman–Crippen MR) is 70.3 cm³/mol. The van der Waals surface area contributed by atoms with E-state index in [1.165, 1.54) is 24.3 Å². The lowest BCUT2D eigenvalue weighted by Crippen LogP contribution is -2.13. The van der Waals surface area contributed by atoms with Crippen molar-refractivity contribution in [3.05, 3.63) is 40.5 Å². The Labute approximate surface area is 110 Å². The van der Waals surface area contributed by atoms with Crippen LogP contribution in [0.25, 0.3) is 0 Å². The summed E-state index contributed by atoms with van der Waals surface area (Å²) in [4.78, 5) is 0.145. The van der Waals surface area contributed by atoms with Gasteiger partial charge >= 0.3 is 0 Å². The molecule has 18 heavy (non-hydrogen) atoms. The van der Waals surface area contributed by atoms with Gasteiger partial charge in [0.15, 0.2) is 5.82 Å². The molecule has 0 atom stereocenters.